The lowest BCUT2D eigenvalue weighted by atomic mass is 10.0. The van der Waals surface area contributed by atoms with E-state index in [1.54, 1.807) is 30.5 Å². The Morgan fingerprint density at radius 1 is 1.00 bits per heavy atom. The number of para-hydroxylation sites is 1. The van der Waals surface area contributed by atoms with E-state index in [9.17, 15) is 29.1 Å². The van der Waals surface area contributed by atoms with E-state index >= 15 is 0 Å². The molecule has 2 heterocycles. The number of hydrogen-bond donors (Lipinski definition) is 8. The molecule has 1 unspecified atom stereocenters. The highest BCUT2D eigenvalue weighted by Crippen LogP contribution is 2.22. The molecule has 13 heteroatoms. The summed E-state index contributed by atoms with van der Waals surface area (Å²) >= 11 is 0. The van der Waals surface area contributed by atoms with Crippen molar-refractivity contribution in [3.05, 3.63) is 65.9 Å². The predicted molar refractivity (Wildman–Crippen MR) is 158 cm³/mol. The number of aliphatic carboxylic acids is 2. The van der Waals surface area contributed by atoms with Gasteiger partial charge < -0.3 is 42.2 Å². The SMILES string of the molecule is N[C@@H](CCC(=O)O)C(=O)Nc1ccc(C(CC(=O)N[C@@H](Cc2c[nH]c3ccccc23)C(=O)O)NC(=O)[C@@H]2CCCN2)cc1. The van der Waals surface area contributed by atoms with Gasteiger partial charge in [-0.15, -0.1) is 0 Å². The number of carboxylic acid groups (broad SMARTS) is 2. The molecule has 1 aliphatic rings. The standard InChI is InChI=1S/C30H36N6O7/c31-21(11-12-27(38)39)28(40)34-19-9-7-17(8-10-19)24(36-29(41)23-6-3-13-32-23)15-26(37)35-25(30(42)43)14-18-16-33-22-5-2-1-4-20(18)22/h1-2,4-5,7-10,16,21,23-25,32-33H,3,6,11-15,31H2,(H,34,40)(H,35,37)(H,36,41)(H,38,39)(H,42,43)/t21-,23-,24?,25-/m0/s1. The Hall–Kier alpha value is -4.75. The maximum absolute atomic E-state index is 13.2. The number of anilines is 1. The first-order valence-electron chi connectivity index (χ1n) is 14.1. The summed E-state index contributed by atoms with van der Waals surface area (Å²) in [5.74, 6) is -3.61. The van der Waals surface area contributed by atoms with Crippen LogP contribution < -0.4 is 27.0 Å². The van der Waals surface area contributed by atoms with Crippen LogP contribution in [0.1, 0.15) is 49.3 Å². The van der Waals surface area contributed by atoms with E-state index in [4.69, 9.17) is 10.8 Å². The summed E-state index contributed by atoms with van der Waals surface area (Å²) in [6.07, 6.45) is 2.82. The van der Waals surface area contributed by atoms with Gasteiger partial charge in [0.05, 0.1) is 24.5 Å². The van der Waals surface area contributed by atoms with Crippen LogP contribution in [0.25, 0.3) is 10.9 Å². The molecule has 2 aromatic carbocycles. The molecule has 1 fully saturated rings. The average Bonchev–Trinajstić information content (AvgIpc) is 3.66. The van der Waals surface area contributed by atoms with Crippen LogP contribution in [-0.2, 0) is 30.4 Å². The zero-order valence-electron chi connectivity index (χ0n) is 23.5. The smallest absolute Gasteiger partial charge is 0.326 e. The lowest BCUT2D eigenvalue weighted by Gasteiger charge is -2.23. The summed E-state index contributed by atoms with van der Waals surface area (Å²) in [6.45, 7) is 0.709. The molecule has 1 aromatic heterocycles. The number of H-pyrrole nitrogens is 1. The van der Waals surface area contributed by atoms with Gasteiger partial charge in [-0.25, -0.2) is 4.79 Å². The van der Waals surface area contributed by atoms with E-state index in [1.807, 2.05) is 24.3 Å². The van der Waals surface area contributed by atoms with E-state index in [0.717, 1.165) is 22.9 Å². The molecular weight excluding hydrogens is 556 g/mol. The normalized spacial score (nSPS) is 16.6. The van der Waals surface area contributed by atoms with Crippen LogP contribution in [0.4, 0.5) is 5.69 Å². The number of carboxylic acids is 2. The van der Waals surface area contributed by atoms with Gasteiger partial charge in [-0.05, 0) is 55.1 Å². The molecule has 3 amide bonds. The second-order valence-corrected chi connectivity index (χ2v) is 10.6. The summed E-state index contributed by atoms with van der Waals surface area (Å²) in [5, 5.41) is 30.8. The number of benzene rings is 2. The van der Waals surface area contributed by atoms with Gasteiger partial charge in [0.1, 0.15) is 6.04 Å². The Bertz CT molecular complexity index is 1470. The molecule has 228 valence electrons. The van der Waals surface area contributed by atoms with Crippen molar-refractivity contribution in [3.63, 3.8) is 0 Å². The molecule has 4 rings (SSSR count). The number of carbonyl (C=O) groups excluding carboxylic acids is 3. The van der Waals surface area contributed by atoms with Crippen molar-refractivity contribution in [2.75, 3.05) is 11.9 Å². The van der Waals surface area contributed by atoms with Gasteiger partial charge in [0.25, 0.3) is 0 Å². The van der Waals surface area contributed by atoms with Crippen molar-refractivity contribution >= 4 is 46.3 Å². The number of nitrogens with two attached hydrogens (primary N) is 1. The summed E-state index contributed by atoms with van der Waals surface area (Å²) in [6, 6.07) is 10.5. The molecule has 43 heavy (non-hydrogen) atoms. The first-order valence-corrected chi connectivity index (χ1v) is 14.1. The van der Waals surface area contributed by atoms with Crippen LogP contribution in [0.2, 0.25) is 0 Å². The lowest BCUT2D eigenvalue weighted by molar-refractivity contribution is -0.142. The number of rotatable bonds is 14. The van der Waals surface area contributed by atoms with E-state index in [0.29, 0.717) is 24.2 Å². The first kappa shape index (κ1) is 31.2. The van der Waals surface area contributed by atoms with Gasteiger partial charge in [-0.3, -0.25) is 19.2 Å². The number of hydrogen-bond acceptors (Lipinski definition) is 7. The molecule has 0 radical (unpaired) electrons. The monoisotopic (exact) mass is 592 g/mol. The zero-order chi connectivity index (χ0) is 30.9. The zero-order valence-corrected chi connectivity index (χ0v) is 23.5. The molecule has 9 N–H and O–H groups in total. The van der Waals surface area contributed by atoms with Gasteiger partial charge >= 0.3 is 11.9 Å². The van der Waals surface area contributed by atoms with E-state index < -0.39 is 47.9 Å². The number of carbonyl (C=O) groups is 5. The molecule has 0 bridgehead atoms. The van der Waals surface area contributed by atoms with E-state index in [1.165, 1.54) is 0 Å². The Balaban J connectivity index is 1.45. The highest BCUT2D eigenvalue weighted by molar-refractivity contribution is 5.95. The number of nitrogens with one attached hydrogen (secondary N) is 5. The number of aromatic amines is 1. The molecule has 13 nitrogen and oxygen atoms in total. The first-order chi connectivity index (χ1) is 20.6. The average molecular weight is 593 g/mol. The number of aromatic nitrogens is 1. The second kappa shape index (κ2) is 14.4. The summed E-state index contributed by atoms with van der Waals surface area (Å²) in [5.41, 5.74) is 8.35. The molecule has 0 spiro atoms. The molecule has 0 aliphatic carbocycles. The van der Waals surface area contributed by atoms with E-state index in [-0.39, 0.29) is 31.6 Å². The molecule has 1 saturated heterocycles. The number of amides is 3. The second-order valence-electron chi connectivity index (χ2n) is 10.6. The maximum Gasteiger partial charge on any atom is 0.326 e. The van der Waals surface area contributed by atoms with Crippen molar-refractivity contribution in [2.45, 2.75) is 62.7 Å². The van der Waals surface area contributed by atoms with Crippen LogP contribution in [0, 0.1) is 0 Å². The van der Waals surface area contributed by atoms with E-state index in [2.05, 4.69) is 26.3 Å². The van der Waals surface area contributed by atoms with Gasteiger partial charge in [-0.1, -0.05) is 30.3 Å². The largest absolute Gasteiger partial charge is 0.481 e. The Morgan fingerprint density at radius 2 is 1.74 bits per heavy atom. The van der Waals surface area contributed by atoms with Gasteiger partial charge in [0.15, 0.2) is 0 Å². The third kappa shape index (κ3) is 8.63. The fourth-order valence-corrected chi connectivity index (χ4v) is 5.04. The minimum absolute atomic E-state index is 0.0185. The van der Waals surface area contributed by atoms with Crippen LogP contribution >= 0.6 is 0 Å². The van der Waals surface area contributed by atoms with Crippen molar-refractivity contribution < 1.29 is 34.2 Å². The fourth-order valence-electron chi connectivity index (χ4n) is 5.04. The van der Waals surface area contributed by atoms with Crippen LogP contribution in [0.3, 0.4) is 0 Å². The van der Waals surface area contributed by atoms with Crippen molar-refractivity contribution in [2.24, 2.45) is 5.73 Å². The molecule has 3 aromatic rings. The maximum atomic E-state index is 13.2. The van der Waals surface area contributed by atoms with Crippen molar-refractivity contribution in [3.8, 4) is 0 Å². The third-order valence-electron chi connectivity index (χ3n) is 7.40. The molecular formula is C30H36N6O7. The Labute approximate surface area is 247 Å². The van der Waals surface area contributed by atoms with Gasteiger partial charge in [0.2, 0.25) is 17.7 Å². The highest BCUT2D eigenvalue weighted by Gasteiger charge is 2.28. The fraction of sp³-hybridized carbons (Fsp3) is 0.367. The predicted octanol–water partition coefficient (Wildman–Crippen LogP) is 1.41. The molecule has 0 saturated carbocycles. The summed E-state index contributed by atoms with van der Waals surface area (Å²) in [7, 11) is 0. The van der Waals surface area contributed by atoms with Crippen LogP contribution in [-0.4, -0.2) is 69.5 Å². The molecule has 1 aliphatic heterocycles. The quantitative estimate of drug-likeness (QED) is 0.136. The Morgan fingerprint density at radius 3 is 2.42 bits per heavy atom. The van der Waals surface area contributed by atoms with Crippen LogP contribution in [0.5, 0.6) is 0 Å². The molecule has 4 atom stereocenters. The minimum atomic E-state index is -1.19. The van der Waals surface area contributed by atoms with Gasteiger partial charge in [-0.2, -0.15) is 0 Å². The van der Waals surface area contributed by atoms with Crippen molar-refractivity contribution in [1.82, 2.24) is 20.9 Å². The number of fused-ring (bicyclic) bond motifs is 1. The summed E-state index contributed by atoms with van der Waals surface area (Å²) in [4.78, 5) is 64.4. The van der Waals surface area contributed by atoms with Gasteiger partial charge in [0, 0.05) is 35.6 Å². The third-order valence-corrected chi connectivity index (χ3v) is 7.40. The Kier molecular flexibility index (Phi) is 10.5. The topological polar surface area (TPSA) is 216 Å². The van der Waals surface area contributed by atoms with Crippen LogP contribution in [0.15, 0.2) is 54.7 Å². The lowest BCUT2D eigenvalue weighted by Crippen LogP contribution is -2.46. The highest BCUT2D eigenvalue weighted by atomic mass is 16.4. The van der Waals surface area contributed by atoms with Crippen molar-refractivity contribution in [1.29, 1.82) is 0 Å². The summed E-state index contributed by atoms with van der Waals surface area (Å²) < 4.78 is 0. The minimum Gasteiger partial charge on any atom is -0.481 e.